The van der Waals surface area contributed by atoms with Crippen molar-refractivity contribution in [3.63, 3.8) is 0 Å². The molecule has 0 bridgehead atoms. The highest BCUT2D eigenvalue weighted by atomic mass is 19.4. The van der Waals surface area contributed by atoms with Crippen LogP contribution >= 0.6 is 0 Å². The van der Waals surface area contributed by atoms with Gasteiger partial charge in [0.15, 0.2) is 0 Å². The van der Waals surface area contributed by atoms with Crippen molar-refractivity contribution in [3.05, 3.63) is 23.4 Å². The molecule has 1 spiro atoms. The van der Waals surface area contributed by atoms with Crippen LogP contribution in [0.1, 0.15) is 49.8 Å². The second-order valence-electron chi connectivity index (χ2n) is 6.37. The zero-order valence-corrected chi connectivity index (χ0v) is 12.3. The monoisotopic (exact) mass is 309 g/mol. The number of rotatable bonds is 1. The van der Waals surface area contributed by atoms with Crippen molar-refractivity contribution in [2.24, 2.45) is 5.41 Å². The highest BCUT2D eigenvalue weighted by Gasteiger charge is 2.38. The number of nitrogens with zero attached hydrogens (tertiary/aromatic N) is 3. The maximum atomic E-state index is 12.8. The fraction of sp³-hybridized carbons (Fsp3) is 0.625. The van der Waals surface area contributed by atoms with E-state index >= 15 is 0 Å². The van der Waals surface area contributed by atoms with Gasteiger partial charge in [-0.15, -0.1) is 0 Å². The number of aromatic nitrogens is 1. The van der Waals surface area contributed by atoms with Crippen LogP contribution in [0.2, 0.25) is 0 Å². The van der Waals surface area contributed by atoms with Crippen LogP contribution in [-0.2, 0) is 6.18 Å². The van der Waals surface area contributed by atoms with E-state index in [1.165, 1.54) is 31.7 Å². The Labute approximate surface area is 127 Å². The fourth-order valence-corrected chi connectivity index (χ4v) is 3.75. The van der Waals surface area contributed by atoms with Crippen molar-refractivity contribution in [1.82, 2.24) is 4.98 Å². The van der Waals surface area contributed by atoms with Gasteiger partial charge in [-0.1, -0.05) is 12.8 Å². The fourth-order valence-electron chi connectivity index (χ4n) is 3.75. The molecule has 1 aliphatic heterocycles. The maximum absolute atomic E-state index is 12.8. The number of hydrogen-bond acceptors (Lipinski definition) is 3. The molecule has 1 aromatic rings. The van der Waals surface area contributed by atoms with Gasteiger partial charge in [0.2, 0.25) is 0 Å². The largest absolute Gasteiger partial charge is 0.433 e. The molecule has 2 heterocycles. The molecule has 0 unspecified atom stereocenters. The topological polar surface area (TPSA) is 39.9 Å². The summed E-state index contributed by atoms with van der Waals surface area (Å²) in [6, 6.07) is 4.07. The summed E-state index contributed by atoms with van der Waals surface area (Å²) in [5.74, 6) is 0.185. The zero-order chi connectivity index (χ0) is 15.8. The molecule has 1 saturated heterocycles. The van der Waals surface area contributed by atoms with E-state index in [-0.39, 0.29) is 11.4 Å². The molecule has 22 heavy (non-hydrogen) atoms. The lowest BCUT2D eigenvalue weighted by Crippen LogP contribution is -2.39. The van der Waals surface area contributed by atoms with Crippen molar-refractivity contribution in [2.45, 2.75) is 44.7 Å². The smallest absolute Gasteiger partial charge is 0.355 e. The van der Waals surface area contributed by atoms with E-state index in [0.29, 0.717) is 18.5 Å². The Balaban J connectivity index is 1.84. The molecule has 6 heteroatoms. The van der Waals surface area contributed by atoms with Crippen molar-refractivity contribution in [2.75, 3.05) is 18.0 Å². The Hall–Kier alpha value is -1.77. The third-order valence-corrected chi connectivity index (χ3v) is 5.07. The van der Waals surface area contributed by atoms with Crippen LogP contribution < -0.4 is 4.90 Å². The molecule has 3 nitrogen and oxygen atoms in total. The minimum absolute atomic E-state index is 0.185. The lowest BCUT2D eigenvalue weighted by Gasteiger charge is -2.40. The van der Waals surface area contributed by atoms with Gasteiger partial charge in [-0.25, -0.2) is 4.98 Å². The lowest BCUT2D eigenvalue weighted by atomic mass is 9.77. The molecule has 0 aromatic carbocycles. The molecule has 1 aromatic heterocycles. The predicted octanol–water partition coefficient (Wildman–Crippen LogP) is 4.13. The van der Waals surface area contributed by atoms with Crippen LogP contribution in [0.25, 0.3) is 0 Å². The molecule has 2 fully saturated rings. The summed E-state index contributed by atoms with van der Waals surface area (Å²) >= 11 is 0. The van der Waals surface area contributed by atoms with E-state index in [0.717, 1.165) is 18.9 Å². The maximum Gasteiger partial charge on any atom is 0.433 e. The van der Waals surface area contributed by atoms with E-state index in [1.807, 2.05) is 11.0 Å². The van der Waals surface area contributed by atoms with Crippen LogP contribution in [0.3, 0.4) is 0 Å². The average Bonchev–Trinajstić information content (AvgIpc) is 2.95. The summed E-state index contributed by atoms with van der Waals surface area (Å²) in [4.78, 5) is 5.58. The molecule has 0 radical (unpaired) electrons. The molecule has 1 aliphatic carbocycles. The summed E-state index contributed by atoms with van der Waals surface area (Å²) in [7, 11) is 0. The first-order valence-corrected chi connectivity index (χ1v) is 7.67. The van der Waals surface area contributed by atoms with Gasteiger partial charge in [-0.2, -0.15) is 18.4 Å². The van der Waals surface area contributed by atoms with E-state index in [9.17, 15) is 13.2 Å². The quantitative estimate of drug-likeness (QED) is 0.783. The van der Waals surface area contributed by atoms with Gasteiger partial charge in [0, 0.05) is 13.1 Å². The number of halogens is 3. The number of piperidine rings is 1. The van der Waals surface area contributed by atoms with Crippen LogP contribution in [0, 0.1) is 16.7 Å². The number of hydrogen-bond donors (Lipinski definition) is 0. The summed E-state index contributed by atoms with van der Waals surface area (Å²) in [6.07, 6.45) is 2.44. The standard InChI is InChI=1S/C16H18F3N3/c17-16(18,19)13-4-3-12(11-20)14(21-13)22-9-7-15(8-10-22)5-1-2-6-15/h3-4H,1-2,5-10H2. The number of alkyl halides is 3. The molecule has 3 rings (SSSR count). The highest BCUT2D eigenvalue weighted by Crippen LogP contribution is 2.46. The van der Waals surface area contributed by atoms with E-state index in [4.69, 9.17) is 5.26 Å². The number of nitriles is 1. The minimum atomic E-state index is -4.48. The Bertz CT molecular complexity index is 588. The minimum Gasteiger partial charge on any atom is -0.355 e. The first kappa shape index (κ1) is 15.1. The van der Waals surface area contributed by atoms with Gasteiger partial charge in [0.1, 0.15) is 17.6 Å². The first-order chi connectivity index (χ1) is 10.4. The predicted molar refractivity (Wildman–Crippen MR) is 76.3 cm³/mol. The lowest BCUT2D eigenvalue weighted by molar-refractivity contribution is -0.141. The van der Waals surface area contributed by atoms with Gasteiger partial charge in [0.05, 0.1) is 5.56 Å². The molecule has 118 valence electrons. The molecule has 2 aliphatic rings. The van der Waals surface area contributed by atoms with Crippen LogP contribution in [-0.4, -0.2) is 18.1 Å². The zero-order valence-electron chi connectivity index (χ0n) is 12.3. The van der Waals surface area contributed by atoms with Gasteiger partial charge in [-0.05, 0) is 43.2 Å². The summed E-state index contributed by atoms with van der Waals surface area (Å²) in [5, 5.41) is 9.15. The summed E-state index contributed by atoms with van der Waals surface area (Å²) < 4.78 is 38.5. The molecule has 1 saturated carbocycles. The van der Waals surface area contributed by atoms with E-state index < -0.39 is 11.9 Å². The van der Waals surface area contributed by atoms with Gasteiger partial charge < -0.3 is 4.90 Å². The third-order valence-electron chi connectivity index (χ3n) is 5.07. The molecular weight excluding hydrogens is 291 g/mol. The van der Waals surface area contributed by atoms with Gasteiger partial charge in [0.25, 0.3) is 0 Å². The Morgan fingerprint density at radius 3 is 2.27 bits per heavy atom. The summed E-state index contributed by atoms with van der Waals surface area (Å²) in [5.41, 5.74) is -0.330. The normalized spacial score (nSPS) is 21.1. The second kappa shape index (κ2) is 5.45. The van der Waals surface area contributed by atoms with Crippen LogP contribution in [0.5, 0.6) is 0 Å². The van der Waals surface area contributed by atoms with E-state index in [1.54, 1.807) is 0 Å². The first-order valence-electron chi connectivity index (χ1n) is 7.67. The van der Waals surface area contributed by atoms with Crippen molar-refractivity contribution >= 4 is 5.82 Å². The van der Waals surface area contributed by atoms with E-state index in [2.05, 4.69) is 4.98 Å². The van der Waals surface area contributed by atoms with Crippen molar-refractivity contribution < 1.29 is 13.2 Å². The average molecular weight is 309 g/mol. The van der Waals surface area contributed by atoms with Gasteiger partial charge >= 0.3 is 6.18 Å². The number of pyridine rings is 1. The molecule has 0 N–H and O–H groups in total. The Morgan fingerprint density at radius 1 is 1.09 bits per heavy atom. The molecular formula is C16H18F3N3. The number of anilines is 1. The highest BCUT2D eigenvalue weighted by molar-refractivity contribution is 5.55. The molecule has 0 amide bonds. The summed E-state index contributed by atoms with van der Waals surface area (Å²) in [6.45, 7) is 1.37. The van der Waals surface area contributed by atoms with Crippen molar-refractivity contribution in [3.8, 4) is 6.07 Å². The Kier molecular flexibility index (Phi) is 3.75. The molecule has 0 atom stereocenters. The SMILES string of the molecule is N#Cc1ccc(C(F)(F)F)nc1N1CCC2(CCCC2)CC1. The van der Waals surface area contributed by atoms with Crippen LogP contribution in [0.15, 0.2) is 12.1 Å². The third kappa shape index (κ3) is 2.77. The Morgan fingerprint density at radius 2 is 1.73 bits per heavy atom. The van der Waals surface area contributed by atoms with Gasteiger partial charge in [-0.3, -0.25) is 0 Å². The van der Waals surface area contributed by atoms with Crippen LogP contribution in [0.4, 0.5) is 19.0 Å². The van der Waals surface area contributed by atoms with Crippen molar-refractivity contribution in [1.29, 1.82) is 5.26 Å². The second-order valence-corrected chi connectivity index (χ2v) is 6.37.